The second-order valence-electron chi connectivity index (χ2n) is 9.21. The molecule has 0 aliphatic rings. The minimum absolute atomic E-state index is 0.140. The Hall–Kier alpha value is -3.01. The van der Waals surface area contributed by atoms with Crippen molar-refractivity contribution in [2.45, 2.75) is 50.3 Å². The minimum Gasteiger partial charge on any atom is -0.462 e. The van der Waals surface area contributed by atoms with Crippen molar-refractivity contribution in [3.05, 3.63) is 94.0 Å². The molecular weight excluding hydrogens is 510 g/mol. The summed E-state index contributed by atoms with van der Waals surface area (Å²) in [7, 11) is -7.66. The summed E-state index contributed by atoms with van der Waals surface area (Å²) in [5.41, 5.74) is 4.04. The third kappa shape index (κ3) is 7.06. The fourth-order valence-corrected chi connectivity index (χ4v) is 7.47. The van der Waals surface area contributed by atoms with Crippen LogP contribution in [0.15, 0.2) is 70.5 Å². The molecule has 0 spiro atoms. The van der Waals surface area contributed by atoms with Gasteiger partial charge >= 0.3 is 5.97 Å². The molecule has 3 rings (SSSR count). The van der Waals surface area contributed by atoms with Crippen LogP contribution in [0.5, 0.6) is 0 Å². The van der Waals surface area contributed by atoms with Gasteiger partial charge in [0.15, 0.2) is 9.84 Å². The van der Waals surface area contributed by atoms with Gasteiger partial charge < -0.3 is 4.74 Å². The summed E-state index contributed by atoms with van der Waals surface area (Å²) >= 11 is 0. The molecule has 0 heterocycles. The van der Waals surface area contributed by atoms with Crippen LogP contribution in [0, 0.1) is 27.7 Å². The quantitative estimate of drug-likeness (QED) is 0.374. The van der Waals surface area contributed by atoms with Gasteiger partial charge in [-0.2, -0.15) is 0 Å². The number of hydrogen-bond acceptors (Lipinski definition) is 6. The number of carbonyl (C=O) groups is 1. The molecule has 3 aromatic carbocycles. The fourth-order valence-electron chi connectivity index (χ4n) is 4.36. The van der Waals surface area contributed by atoms with Crippen LogP contribution in [-0.4, -0.2) is 41.7 Å². The number of carbonyl (C=O) groups excluding carboxylic acids is 1. The molecule has 37 heavy (non-hydrogen) atoms. The van der Waals surface area contributed by atoms with Gasteiger partial charge in [0.05, 0.1) is 27.7 Å². The zero-order valence-electron chi connectivity index (χ0n) is 21.7. The van der Waals surface area contributed by atoms with E-state index >= 15 is 0 Å². The third-order valence-corrected chi connectivity index (χ3v) is 9.65. The van der Waals surface area contributed by atoms with E-state index in [0.29, 0.717) is 22.3 Å². The average molecular weight is 544 g/mol. The van der Waals surface area contributed by atoms with Crippen LogP contribution < -0.4 is 4.72 Å². The standard InChI is InChI=1S/C28H33NO6S2/c1-6-35-28(30)24-11-9-23(10-12-24)25(18-36(31,32)26-13-7-19(2)8-14-26)17-29-37(33,34)27-21(4)15-20(3)16-22(27)5/h7-16,25,29H,6,17-18H2,1-5H3. The van der Waals surface area contributed by atoms with E-state index in [2.05, 4.69) is 4.72 Å². The molecule has 9 heteroatoms. The summed E-state index contributed by atoms with van der Waals surface area (Å²) in [6.45, 7) is 9.05. The number of ether oxygens (including phenoxy) is 1. The molecule has 0 saturated heterocycles. The van der Waals surface area contributed by atoms with Gasteiger partial charge in [0.2, 0.25) is 10.0 Å². The van der Waals surface area contributed by atoms with Gasteiger partial charge in [-0.05, 0) is 75.6 Å². The second kappa shape index (κ2) is 11.6. The fraction of sp³-hybridized carbons (Fsp3) is 0.321. The Labute approximate surface area is 219 Å². The van der Waals surface area contributed by atoms with Gasteiger partial charge in [0.1, 0.15) is 0 Å². The maximum Gasteiger partial charge on any atom is 0.338 e. The number of sulfone groups is 1. The Morgan fingerprint density at radius 2 is 1.41 bits per heavy atom. The molecule has 198 valence electrons. The predicted molar refractivity (Wildman–Crippen MR) is 144 cm³/mol. The first-order valence-electron chi connectivity index (χ1n) is 12.0. The highest BCUT2D eigenvalue weighted by Crippen LogP contribution is 2.25. The number of rotatable bonds is 10. The lowest BCUT2D eigenvalue weighted by atomic mass is 10.00. The van der Waals surface area contributed by atoms with Gasteiger partial charge in [-0.15, -0.1) is 0 Å². The summed E-state index contributed by atoms with van der Waals surface area (Å²) < 4.78 is 60.8. The molecule has 0 aliphatic heterocycles. The van der Waals surface area contributed by atoms with Crippen molar-refractivity contribution in [2.24, 2.45) is 0 Å². The Morgan fingerprint density at radius 1 is 0.838 bits per heavy atom. The summed E-state index contributed by atoms with van der Waals surface area (Å²) in [6.07, 6.45) is 0. The van der Waals surface area contributed by atoms with Gasteiger partial charge in [0, 0.05) is 12.5 Å². The van der Waals surface area contributed by atoms with Crippen LogP contribution >= 0.6 is 0 Å². The average Bonchev–Trinajstić information content (AvgIpc) is 2.81. The zero-order chi connectivity index (χ0) is 27.4. The highest BCUT2D eigenvalue weighted by molar-refractivity contribution is 7.91. The van der Waals surface area contributed by atoms with E-state index in [-0.39, 0.29) is 28.7 Å². The van der Waals surface area contributed by atoms with Gasteiger partial charge in [-0.1, -0.05) is 47.5 Å². The van der Waals surface area contributed by atoms with E-state index in [1.165, 1.54) is 0 Å². The molecule has 0 aromatic heterocycles. The number of benzene rings is 3. The minimum atomic E-state index is -3.92. The summed E-state index contributed by atoms with van der Waals surface area (Å²) in [5.74, 6) is -1.50. The Kier molecular flexibility index (Phi) is 8.94. The van der Waals surface area contributed by atoms with Crippen LogP contribution in [0.1, 0.15) is 51.0 Å². The molecule has 3 aromatic rings. The molecule has 1 N–H and O–H groups in total. The maximum atomic E-state index is 13.3. The van der Waals surface area contributed by atoms with Gasteiger partial charge in [-0.3, -0.25) is 0 Å². The monoisotopic (exact) mass is 543 g/mol. The molecule has 0 saturated carbocycles. The Balaban J connectivity index is 1.95. The lowest BCUT2D eigenvalue weighted by Gasteiger charge is -2.20. The molecule has 0 fully saturated rings. The first kappa shape index (κ1) is 28.6. The number of esters is 1. The molecule has 1 unspecified atom stereocenters. The molecule has 0 radical (unpaired) electrons. The van der Waals surface area contributed by atoms with E-state index in [4.69, 9.17) is 4.74 Å². The summed E-state index contributed by atoms with van der Waals surface area (Å²) in [5, 5.41) is 0. The third-order valence-electron chi connectivity index (χ3n) is 6.09. The Morgan fingerprint density at radius 3 is 1.95 bits per heavy atom. The van der Waals surface area contributed by atoms with E-state index in [0.717, 1.165) is 11.1 Å². The smallest absolute Gasteiger partial charge is 0.338 e. The van der Waals surface area contributed by atoms with E-state index in [1.807, 2.05) is 13.8 Å². The molecule has 0 aliphatic carbocycles. The Bertz CT molecular complexity index is 1450. The first-order valence-corrected chi connectivity index (χ1v) is 15.1. The topological polar surface area (TPSA) is 107 Å². The second-order valence-corrected chi connectivity index (χ2v) is 13.0. The van der Waals surface area contributed by atoms with Gasteiger partial charge in [-0.25, -0.2) is 26.4 Å². The van der Waals surface area contributed by atoms with E-state index in [1.54, 1.807) is 81.4 Å². The summed E-state index contributed by atoms with van der Waals surface area (Å²) in [6, 6.07) is 16.5. The van der Waals surface area contributed by atoms with Crippen molar-refractivity contribution in [1.82, 2.24) is 4.72 Å². The highest BCUT2D eigenvalue weighted by Gasteiger charge is 2.27. The van der Waals surface area contributed by atoms with Crippen LogP contribution in [0.25, 0.3) is 0 Å². The van der Waals surface area contributed by atoms with Gasteiger partial charge in [0.25, 0.3) is 0 Å². The van der Waals surface area contributed by atoms with E-state index in [9.17, 15) is 21.6 Å². The lowest BCUT2D eigenvalue weighted by molar-refractivity contribution is 0.0526. The van der Waals surface area contributed by atoms with Crippen LogP contribution in [0.4, 0.5) is 0 Å². The first-order chi connectivity index (χ1) is 17.3. The van der Waals surface area contributed by atoms with Crippen molar-refractivity contribution >= 4 is 25.8 Å². The molecule has 7 nitrogen and oxygen atoms in total. The lowest BCUT2D eigenvalue weighted by Crippen LogP contribution is -2.32. The number of aryl methyl sites for hydroxylation is 4. The largest absolute Gasteiger partial charge is 0.462 e. The van der Waals surface area contributed by atoms with Crippen molar-refractivity contribution in [1.29, 1.82) is 0 Å². The van der Waals surface area contributed by atoms with Crippen LogP contribution in [0.2, 0.25) is 0 Å². The molecular formula is C28H33NO6S2. The van der Waals surface area contributed by atoms with Crippen LogP contribution in [-0.2, 0) is 24.6 Å². The zero-order valence-corrected chi connectivity index (χ0v) is 23.4. The normalized spacial score (nSPS) is 12.8. The number of sulfonamides is 1. The van der Waals surface area contributed by atoms with Crippen molar-refractivity contribution in [2.75, 3.05) is 18.9 Å². The molecule has 1 atom stereocenters. The van der Waals surface area contributed by atoms with Crippen molar-refractivity contribution in [3.63, 3.8) is 0 Å². The highest BCUT2D eigenvalue weighted by atomic mass is 32.2. The predicted octanol–water partition coefficient (Wildman–Crippen LogP) is 4.63. The molecule has 0 amide bonds. The number of hydrogen-bond donors (Lipinski definition) is 1. The van der Waals surface area contributed by atoms with E-state index < -0.39 is 31.7 Å². The summed E-state index contributed by atoms with van der Waals surface area (Å²) in [4.78, 5) is 12.4. The number of nitrogens with one attached hydrogen (secondary N) is 1. The maximum absolute atomic E-state index is 13.3. The molecule has 0 bridgehead atoms. The van der Waals surface area contributed by atoms with Crippen LogP contribution in [0.3, 0.4) is 0 Å². The van der Waals surface area contributed by atoms with Crippen molar-refractivity contribution in [3.8, 4) is 0 Å². The van der Waals surface area contributed by atoms with Crippen molar-refractivity contribution < 1.29 is 26.4 Å². The SMILES string of the molecule is CCOC(=O)c1ccc(C(CNS(=O)(=O)c2c(C)cc(C)cc2C)CS(=O)(=O)c2ccc(C)cc2)cc1.